The number of hydrogen-bond donors (Lipinski definition) is 14. The minimum atomic E-state index is -2.05. The van der Waals surface area contributed by atoms with Gasteiger partial charge in [0.1, 0.15) is 60.4 Å². The lowest BCUT2D eigenvalue weighted by Gasteiger charge is -2.32. The normalized spacial score (nSPS) is 16.8. The van der Waals surface area contributed by atoms with Crippen molar-refractivity contribution in [3.05, 3.63) is 35.9 Å². The highest BCUT2D eigenvalue weighted by Gasteiger charge is 2.42. The number of hydrogen-bond acceptors (Lipinski definition) is 16. The molecule has 0 bridgehead atoms. The monoisotopic (exact) mass is 1150 g/mol. The molecule has 0 spiro atoms. The summed E-state index contributed by atoms with van der Waals surface area (Å²) in [6, 6.07) is -6.41. The maximum absolute atomic E-state index is 14.4. The lowest BCUT2D eigenvalue weighted by atomic mass is 9.96. The molecule has 10 amide bonds. The molecule has 1 aliphatic rings. The van der Waals surface area contributed by atoms with E-state index in [-0.39, 0.29) is 25.8 Å². The number of amides is 10. The van der Waals surface area contributed by atoms with Crippen LogP contribution in [-0.2, 0) is 68.7 Å². The highest BCUT2D eigenvalue weighted by atomic mass is 32.2. The predicted octanol–water partition coefficient (Wildman–Crippen LogP) is -3.30. The van der Waals surface area contributed by atoms with E-state index >= 15 is 0 Å². The van der Waals surface area contributed by atoms with E-state index in [1.165, 1.54) is 37.4 Å². The molecular weight excluding hydrogens is 1070 g/mol. The molecule has 446 valence electrons. The number of nitrogens with two attached hydrogens (primary N) is 1. The van der Waals surface area contributed by atoms with Crippen molar-refractivity contribution in [2.24, 2.45) is 23.5 Å². The van der Waals surface area contributed by atoms with E-state index in [0.29, 0.717) is 24.2 Å². The lowest BCUT2D eigenvalue weighted by Crippen LogP contribution is -2.62. The summed E-state index contributed by atoms with van der Waals surface area (Å²) in [5.74, 6) is -15.4. The molecule has 1 aliphatic heterocycles. The molecule has 1 fully saturated rings. The van der Waals surface area contributed by atoms with Crippen LogP contribution in [-0.4, -0.2) is 194 Å². The maximum atomic E-state index is 14.4. The molecule has 2 rings (SSSR count). The van der Waals surface area contributed by atoms with E-state index in [1.54, 1.807) is 64.3 Å². The molecule has 0 aromatic heterocycles. The summed E-state index contributed by atoms with van der Waals surface area (Å²) in [4.78, 5) is 173. The number of nitrogens with one attached hydrogen (secondary N) is 9. The first-order chi connectivity index (χ1) is 37.6. The molecule has 15 N–H and O–H groups in total. The van der Waals surface area contributed by atoms with Crippen molar-refractivity contribution in [3.63, 3.8) is 0 Å². The smallest absolute Gasteiger partial charge is 0.325 e. The first-order valence-corrected chi connectivity index (χ1v) is 27.5. The fraction of sp³-hybridized carbons (Fsp3) is 0.627. The Kier molecular flexibility index (Phi) is 29.1. The highest BCUT2D eigenvalue weighted by molar-refractivity contribution is 7.98. The molecule has 0 aliphatic carbocycles. The van der Waals surface area contributed by atoms with Gasteiger partial charge in [0.15, 0.2) is 0 Å². The van der Waals surface area contributed by atoms with Crippen molar-refractivity contribution in [3.8, 4) is 0 Å². The lowest BCUT2D eigenvalue weighted by molar-refractivity contribution is -0.145. The van der Waals surface area contributed by atoms with Crippen LogP contribution in [0.25, 0.3) is 0 Å². The van der Waals surface area contributed by atoms with Gasteiger partial charge in [0.2, 0.25) is 59.1 Å². The molecule has 0 saturated carbocycles. The van der Waals surface area contributed by atoms with Crippen LogP contribution in [0.4, 0.5) is 0 Å². The number of aliphatic hydroxyl groups is 1. The van der Waals surface area contributed by atoms with Gasteiger partial charge < -0.3 is 78.9 Å². The first-order valence-electron chi connectivity index (χ1n) is 26.1. The van der Waals surface area contributed by atoms with Gasteiger partial charge in [0, 0.05) is 13.0 Å². The van der Waals surface area contributed by atoms with Crippen molar-refractivity contribution in [2.45, 2.75) is 154 Å². The second-order valence-electron chi connectivity index (χ2n) is 20.0. The summed E-state index contributed by atoms with van der Waals surface area (Å²) in [5.41, 5.74) is 6.00. The highest BCUT2D eigenvalue weighted by Crippen LogP contribution is 2.22. The van der Waals surface area contributed by atoms with Crippen molar-refractivity contribution < 1.29 is 82.8 Å². The molecule has 0 radical (unpaired) electrons. The van der Waals surface area contributed by atoms with Gasteiger partial charge in [-0.25, -0.2) is 0 Å². The van der Waals surface area contributed by atoms with E-state index in [9.17, 15) is 82.8 Å². The predicted molar refractivity (Wildman–Crippen MR) is 288 cm³/mol. The van der Waals surface area contributed by atoms with Crippen molar-refractivity contribution >= 4 is 88.7 Å². The Morgan fingerprint density at radius 3 is 1.60 bits per heavy atom. The molecule has 0 unspecified atom stereocenters. The SMILES string of the molecule is CC[C@H](C)[C@H](NC(=O)[C@@H](NC(=O)[C@H](CCSC)NC(=O)[C@@H]1CCCN1C(=O)[C@@H](NC(=O)[C@H](CC(=O)O)NC(=O)[C@H](CC(=O)O)NC(=O)[C@H](CO)NC(=O)[C@H](Cc1ccccc1)NC(=O)CN)C(C)C)C(C)C)C(=O)N[C@@H](C)C(=O)O. The van der Waals surface area contributed by atoms with Gasteiger partial charge in [-0.3, -0.25) is 62.3 Å². The summed E-state index contributed by atoms with van der Waals surface area (Å²) in [5, 5.41) is 60.5. The van der Waals surface area contributed by atoms with Gasteiger partial charge >= 0.3 is 17.9 Å². The molecule has 1 saturated heterocycles. The Bertz CT molecular complexity index is 2360. The van der Waals surface area contributed by atoms with Crippen LogP contribution in [0.2, 0.25) is 0 Å². The van der Waals surface area contributed by atoms with E-state index in [0.717, 1.165) is 0 Å². The number of aliphatic hydroxyl groups excluding tert-OH is 1. The van der Waals surface area contributed by atoms with E-state index in [1.807, 2.05) is 0 Å². The molecule has 29 heteroatoms. The van der Waals surface area contributed by atoms with E-state index in [4.69, 9.17) is 5.73 Å². The molecule has 80 heavy (non-hydrogen) atoms. The minimum absolute atomic E-state index is 0.000609. The molecule has 1 heterocycles. The molecule has 1 aromatic carbocycles. The number of carboxylic acid groups (broad SMARTS) is 3. The van der Waals surface area contributed by atoms with Gasteiger partial charge in [0.05, 0.1) is 26.0 Å². The minimum Gasteiger partial charge on any atom is -0.481 e. The van der Waals surface area contributed by atoms with Gasteiger partial charge in [0.25, 0.3) is 0 Å². The number of carbonyl (C=O) groups excluding carboxylic acids is 10. The average Bonchev–Trinajstić information content (AvgIpc) is 3.90. The third-order valence-electron chi connectivity index (χ3n) is 13.0. The topological polar surface area (TPSA) is 440 Å². The number of carbonyl (C=O) groups is 13. The summed E-state index contributed by atoms with van der Waals surface area (Å²) in [6.07, 6.45) is 0.310. The molecule has 1 aromatic rings. The number of thioether (sulfide) groups is 1. The Morgan fingerprint density at radius 2 is 1.10 bits per heavy atom. The second-order valence-corrected chi connectivity index (χ2v) is 21.0. The van der Waals surface area contributed by atoms with Crippen LogP contribution in [0.1, 0.15) is 92.6 Å². The van der Waals surface area contributed by atoms with Crippen LogP contribution in [0.15, 0.2) is 30.3 Å². The molecule has 28 nitrogen and oxygen atoms in total. The van der Waals surface area contributed by atoms with Crippen LogP contribution < -0.4 is 53.6 Å². The van der Waals surface area contributed by atoms with Gasteiger partial charge in [-0.15, -0.1) is 0 Å². The van der Waals surface area contributed by atoms with Gasteiger partial charge in [-0.1, -0.05) is 78.3 Å². The third kappa shape index (κ3) is 22.0. The number of likely N-dealkylation sites (tertiary alicyclic amines) is 1. The zero-order valence-corrected chi connectivity index (χ0v) is 47.0. The standard InChI is InChI=1S/C51H79N11O17S/c1-9-27(6)41(49(76)53-28(7)51(78)79)61-48(75)39(25(2)3)59-42(69)30(17-19-80-8)55-47(74)35-16-13-18-62(35)50(77)40(26(4)5)60-45(72)33(22-38(67)68)56-44(71)32(21-37(65)66)57-46(73)34(24-63)58-43(70)31(54-36(64)23-52)20-29-14-11-10-12-15-29/h10-12,14-15,25-28,30-35,39-41,63H,9,13,16-24,52H2,1-8H3,(H,53,76)(H,54,64)(H,55,74)(H,56,71)(H,57,73)(H,58,70)(H,59,69)(H,60,72)(H,61,75)(H,65,66)(H,67,68)(H,78,79)/t27-,28-,30-,31-,32-,33-,34-,35-,39-,40-,41-/m0/s1. The van der Waals surface area contributed by atoms with Crippen molar-refractivity contribution in [1.29, 1.82) is 0 Å². The zero-order valence-electron chi connectivity index (χ0n) is 46.2. The fourth-order valence-corrected chi connectivity index (χ4v) is 8.68. The van der Waals surface area contributed by atoms with E-state index in [2.05, 4.69) is 47.9 Å². The molecular formula is C51H79N11O17S. The van der Waals surface area contributed by atoms with Gasteiger partial charge in [-0.2, -0.15) is 11.8 Å². The number of rotatable bonds is 34. The summed E-state index contributed by atoms with van der Waals surface area (Å²) >= 11 is 1.36. The zero-order chi connectivity index (χ0) is 60.6. The Morgan fingerprint density at radius 1 is 0.613 bits per heavy atom. The Hall–Kier alpha value is -7.40. The maximum Gasteiger partial charge on any atom is 0.325 e. The average molecular weight is 1150 g/mol. The Balaban J connectivity index is 2.32. The van der Waals surface area contributed by atoms with Gasteiger partial charge in [-0.05, 0) is 61.5 Å². The quantitative estimate of drug-likeness (QED) is 0.0321. The number of benzene rings is 1. The van der Waals surface area contributed by atoms with Crippen LogP contribution in [0.5, 0.6) is 0 Å². The third-order valence-corrected chi connectivity index (χ3v) is 13.7. The van der Waals surface area contributed by atoms with Crippen molar-refractivity contribution in [2.75, 3.05) is 31.7 Å². The van der Waals surface area contributed by atoms with E-state index < -0.39 is 181 Å². The summed E-state index contributed by atoms with van der Waals surface area (Å²) in [7, 11) is 0. The number of nitrogens with zero attached hydrogens (tertiary/aromatic N) is 1. The largest absolute Gasteiger partial charge is 0.481 e. The van der Waals surface area contributed by atoms with Crippen LogP contribution >= 0.6 is 11.8 Å². The van der Waals surface area contributed by atoms with Crippen LogP contribution in [0, 0.1) is 17.8 Å². The van der Waals surface area contributed by atoms with Crippen LogP contribution in [0.3, 0.4) is 0 Å². The first kappa shape index (κ1) is 68.7. The number of aliphatic carboxylic acids is 3. The Labute approximate surface area is 467 Å². The fourth-order valence-electron chi connectivity index (χ4n) is 8.21. The second kappa shape index (κ2) is 33.9. The number of carboxylic acids is 3. The van der Waals surface area contributed by atoms with Crippen molar-refractivity contribution in [1.82, 2.24) is 52.8 Å². The summed E-state index contributed by atoms with van der Waals surface area (Å²) in [6.45, 7) is 9.48. The molecule has 11 atom stereocenters. The summed E-state index contributed by atoms with van der Waals surface area (Å²) < 4.78 is 0.